The van der Waals surface area contributed by atoms with Crippen molar-refractivity contribution in [2.45, 2.75) is 64.8 Å². The van der Waals surface area contributed by atoms with Gasteiger partial charge in [-0.1, -0.05) is 51.3 Å². The van der Waals surface area contributed by atoms with Crippen molar-refractivity contribution in [3.05, 3.63) is 29.3 Å². The molecule has 0 aromatic heterocycles. The zero-order valence-electron chi connectivity index (χ0n) is 13.5. The normalized spacial score (nSPS) is 16.2. The molecule has 2 N–H and O–H groups in total. The van der Waals surface area contributed by atoms with Crippen molar-refractivity contribution in [1.29, 1.82) is 0 Å². The summed E-state index contributed by atoms with van der Waals surface area (Å²) in [6.07, 6.45) is 6.32. The Bertz CT molecular complexity index is 476. The minimum Gasteiger partial charge on any atom is -0.324 e. The van der Waals surface area contributed by atoms with Gasteiger partial charge < -0.3 is 10.6 Å². The first-order valence-electron chi connectivity index (χ1n) is 8.20. The highest BCUT2D eigenvalue weighted by atomic mass is 16.1. The van der Waals surface area contributed by atoms with Crippen LogP contribution < -0.4 is 10.6 Å². The predicted molar refractivity (Wildman–Crippen MR) is 88.8 cm³/mol. The Balaban J connectivity index is 1.93. The molecule has 0 atom stereocenters. The molecule has 1 aromatic rings. The van der Waals surface area contributed by atoms with Crippen LogP contribution in [0.4, 0.5) is 5.69 Å². The van der Waals surface area contributed by atoms with Crippen LogP contribution in [0.15, 0.2) is 18.2 Å². The first-order chi connectivity index (χ1) is 10.1. The molecule has 21 heavy (non-hydrogen) atoms. The van der Waals surface area contributed by atoms with E-state index in [9.17, 15) is 4.79 Å². The molecule has 0 saturated heterocycles. The largest absolute Gasteiger partial charge is 0.324 e. The summed E-state index contributed by atoms with van der Waals surface area (Å²) in [6, 6.07) is 6.73. The van der Waals surface area contributed by atoms with Gasteiger partial charge in [-0.05, 0) is 36.8 Å². The van der Waals surface area contributed by atoms with Gasteiger partial charge in [0.15, 0.2) is 0 Å². The molecular formula is C18H28N2O. The maximum Gasteiger partial charge on any atom is 0.238 e. The summed E-state index contributed by atoms with van der Waals surface area (Å²) in [4.78, 5) is 12.2. The molecular weight excluding hydrogens is 260 g/mol. The molecule has 0 heterocycles. The number of hydrogen-bond acceptors (Lipinski definition) is 2. The molecule has 2 rings (SSSR count). The zero-order valence-corrected chi connectivity index (χ0v) is 13.5. The number of para-hydroxylation sites is 1. The fourth-order valence-electron chi connectivity index (χ4n) is 3.07. The molecule has 1 fully saturated rings. The molecule has 0 aliphatic heterocycles. The Labute approximate surface area is 128 Å². The van der Waals surface area contributed by atoms with E-state index in [4.69, 9.17) is 0 Å². The first-order valence-corrected chi connectivity index (χ1v) is 8.20. The number of hydrogen-bond donors (Lipinski definition) is 2. The minimum atomic E-state index is 0.0665. The number of anilines is 1. The topological polar surface area (TPSA) is 41.1 Å². The van der Waals surface area contributed by atoms with Gasteiger partial charge in [-0.25, -0.2) is 0 Å². The second-order valence-corrected chi connectivity index (χ2v) is 6.46. The van der Waals surface area contributed by atoms with Crippen LogP contribution in [-0.4, -0.2) is 18.5 Å². The van der Waals surface area contributed by atoms with Crippen molar-refractivity contribution in [3.8, 4) is 0 Å². The standard InChI is InChI=1S/C18H28N2O/c1-13(2)16-11-7-8-14(3)18(16)20-17(21)12-19-15-9-5-4-6-10-15/h7-8,11,13,15,19H,4-6,9-10,12H2,1-3H3,(H,20,21). The van der Waals surface area contributed by atoms with E-state index >= 15 is 0 Å². The lowest BCUT2D eigenvalue weighted by Gasteiger charge is -2.23. The fraction of sp³-hybridized carbons (Fsp3) is 0.611. The molecule has 3 nitrogen and oxygen atoms in total. The molecule has 1 saturated carbocycles. The maximum atomic E-state index is 12.2. The smallest absolute Gasteiger partial charge is 0.238 e. The average Bonchev–Trinajstić information content (AvgIpc) is 2.48. The van der Waals surface area contributed by atoms with Crippen molar-refractivity contribution in [3.63, 3.8) is 0 Å². The van der Waals surface area contributed by atoms with Gasteiger partial charge in [-0.3, -0.25) is 4.79 Å². The first kappa shape index (κ1) is 16.0. The Hall–Kier alpha value is -1.35. The van der Waals surface area contributed by atoms with Gasteiger partial charge in [0.05, 0.1) is 6.54 Å². The second kappa shape index (κ2) is 7.60. The highest BCUT2D eigenvalue weighted by Crippen LogP contribution is 2.27. The zero-order chi connectivity index (χ0) is 15.2. The van der Waals surface area contributed by atoms with Crippen LogP contribution in [0.1, 0.15) is 63.0 Å². The number of rotatable bonds is 5. The Kier molecular flexibility index (Phi) is 5.80. The predicted octanol–water partition coefficient (Wildman–Crippen LogP) is 3.98. The molecule has 116 valence electrons. The minimum absolute atomic E-state index is 0.0665. The van der Waals surface area contributed by atoms with Gasteiger partial charge in [0, 0.05) is 11.7 Å². The van der Waals surface area contributed by atoms with E-state index in [0.29, 0.717) is 18.5 Å². The van der Waals surface area contributed by atoms with Crippen LogP contribution in [-0.2, 0) is 4.79 Å². The summed E-state index contributed by atoms with van der Waals surface area (Å²) >= 11 is 0. The lowest BCUT2D eigenvalue weighted by molar-refractivity contribution is -0.115. The molecule has 1 aliphatic carbocycles. The quantitative estimate of drug-likeness (QED) is 0.860. The third kappa shape index (κ3) is 4.57. The van der Waals surface area contributed by atoms with E-state index in [1.807, 2.05) is 0 Å². The van der Waals surface area contributed by atoms with E-state index in [0.717, 1.165) is 11.3 Å². The van der Waals surface area contributed by atoms with E-state index in [-0.39, 0.29) is 5.91 Å². The Morgan fingerprint density at radius 2 is 1.95 bits per heavy atom. The lowest BCUT2D eigenvalue weighted by Crippen LogP contribution is -2.37. The van der Waals surface area contributed by atoms with Crippen molar-refractivity contribution in [1.82, 2.24) is 5.32 Å². The average molecular weight is 288 g/mol. The van der Waals surface area contributed by atoms with Crippen LogP contribution in [0.3, 0.4) is 0 Å². The molecule has 1 aliphatic rings. The molecule has 0 spiro atoms. The van der Waals surface area contributed by atoms with Crippen LogP contribution >= 0.6 is 0 Å². The molecule has 3 heteroatoms. The maximum absolute atomic E-state index is 12.2. The number of benzene rings is 1. The molecule has 0 bridgehead atoms. The van der Waals surface area contributed by atoms with Crippen molar-refractivity contribution >= 4 is 11.6 Å². The fourth-order valence-corrected chi connectivity index (χ4v) is 3.07. The number of carbonyl (C=O) groups excluding carboxylic acids is 1. The Morgan fingerprint density at radius 1 is 1.24 bits per heavy atom. The van der Waals surface area contributed by atoms with Crippen molar-refractivity contribution in [2.24, 2.45) is 0 Å². The summed E-state index contributed by atoms with van der Waals surface area (Å²) in [7, 11) is 0. The van der Waals surface area contributed by atoms with Crippen LogP contribution in [0, 0.1) is 6.92 Å². The monoisotopic (exact) mass is 288 g/mol. The van der Waals surface area contributed by atoms with Crippen LogP contribution in [0.5, 0.6) is 0 Å². The van der Waals surface area contributed by atoms with Gasteiger partial charge >= 0.3 is 0 Å². The third-order valence-electron chi connectivity index (χ3n) is 4.35. The van der Waals surface area contributed by atoms with E-state index in [2.05, 4.69) is 49.6 Å². The van der Waals surface area contributed by atoms with Gasteiger partial charge in [0.1, 0.15) is 0 Å². The number of carbonyl (C=O) groups is 1. The van der Waals surface area contributed by atoms with Gasteiger partial charge in [0.2, 0.25) is 5.91 Å². The number of amides is 1. The van der Waals surface area contributed by atoms with E-state index in [1.54, 1.807) is 0 Å². The molecule has 1 amide bonds. The SMILES string of the molecule is Cc1cccc(C(C)C)c1NC(=O)CNC1CCCCC1. The number of nitrogens with one attached hydrogen (secondary N) is 2. The summed E-state index contributed by atoms with van der Waals surface area (Å²) in [5, 5.41) is 6.50. The molecule has 0 radical (unpaired) electrons. The highest BCUT2D eigenvalue weighted by molar-refractivity contribution is 5.93. The summed E-state index contributed by atoms with van der Waals surface area (Å²) < 4.78 is 0. The second-order valence-electron chi connectivity index (χ2n) is 6.46. The van der Waals surface area contributed by atoms with Crippen molar-refractivity contribution in [2.75, 3.05) is 11.9 Å². The van der Waals surface area contributed by atoms with Gasteiger partial charge in [-0.2, -0.15) is 0 Å². The van der Waals surface area contributed by atoms with E-state index < -0.39 is 0 Å². The van der Waals surface area contributed by atoms with Crippen LogP contribution in [0.25, 0.3) is 0 Å². The molecule has 1 aromatic carbocycles. The summed E-state index contributed by atoms with van der Waals surface area (Å²) in [6.45, 7) is 6.78. The third-order valence-corrected chi connectivity index (χ3v) is 4.35. The summed E-state index contributed by atoms with van der Waals surface area (Å²) in [5.74, 6) is 0.475. The highest BCUT2D eigenvalue weighted by Gasteiger charge is 2.15. The number of aryl methyl sites for hydroxylation is 1. The van der Waals surface area contributed by atoms with Crippen LogP contribution in [0.2, 0.25) is 0 Å². The van der Waals surface area contributed by atoms with Gasteiger partial charge in [0.25, 0.3) is 0 Å². The molecule has 0 unspecified atom stereocenters. The van der Waals surface area contributed by atoms with E-state index in [1.165, 1.54) is 37.7 Å². The summed E-state index contributed by atoms with van der Waals surface area (Å²) in [5.41, 5.74) is 3.33. The lowest BCUT2D eigenvalue weighted by atomic mass is 9.95. The van der Waals surface area contributed by atoms with Crippen molar-refractivity contribution < 1.29 is 4.79 Å². The van der Waals surface area contributed by atoms with Gasteiger partial charge in [-0.15, -0.1) is 0 Å². The Morgan fingerprint density at radius 3 is 2.62 bits per heavy atom.